The molecule has 2 aromatic carbocycles. The van der Waals surface area contributed by atoms with Gasteiger partial charge in [0, 0.05) is 88.7 Å². The Hall–Kier alpha value is -4.58. The van der Waals surface area contributed by atoms with Gasteiger partial charge in [0.2, 0.25) is 0 Å². The predicted octanol–water partition coefficient (Wildman–Crippen LogP) is 4.54. The van der Waals surface area contributed by atoms with Gasteiger partial charge in [-0.05, 0) is 88.6 Å². The lowest BCUT2D eigenvalue weighted by Crippen LogP contribution is -2.56. The lowest BCUT2D eigenvalue weighted by Gasteiger charge is -2.44. The van der Waals surface area contributed by atoms with Crippen molar-refractivity contribution in [3.63, 3.8) is 0 Å². The van der Waals surface area contributed by atoms with E-state index in [2.05, 4.69) is 16.2 Å². The van der Waals surface area contributed by atoms with E-state index in [-0.39, 0.29) is 30.4 Å². The number of hydroxylamine groups is 2. The zero-order valence-electron chi connectivity index (χ0n) is 31.9. The monoisotopic (exact) mass is 729 g/mol. The first-order valence-corrected chi connectivity index (χ1v) is 19.0. The van der Waals surface area contributed by atoms with E-state index in [4.69, 9.17) is 15.3 Å². The lowest BCUT2D eigenvalue weighted by atomic mass is 9.99. The maximum absolute atomic E-state index is 14.2. The van der Waals surface area contributed by atoms with Crippen LogP contribution in [0.4, 0.5) is 21.0 Å². The molecule has 286 valence electrons. The minimum absolute atomic E-state index is 0.000770. The number of anilines is 2. The maximum atomic E-state index is 14.2. The average Bonchev–Trinajstić information content (AvgIpc) is 3.31. The number of piperazine rings is 1. The summed E-state index contributed by atoms with van der Waals surface area (Å²) in [6, 6.07) is 11.8. The molecule has 0 aliphatic carbocycles. The van der Waals surface area contributed by atoms with Crippen LogP contribution in [0.15, 0.2) is 42.1 Å². The van der Waals surface area contributed by atoms with Crippen molar-refractivity contribution in [2.45, 2.75) is 96.9 Å². The first-order valence-electron chi connectivity index (χ1n) is 19.0. The number of nitrogens with zero attached hydrogens (tertiary/aromatic N) is 5. The second kappa shape index (κ2) is 16.2. The normalized spacial score (nSPS) is 21.0. The van der Waals surface area contributed by atoms with E-state index in [1.54, 1.807) is 14.9 Å². The number of piperidine rings is 2. The van der Waals surface area contributed by atoms with Crippen LogP contribution in [-0.2, 0) is 32.0 Å². The number of fused-ring (bicyclic) bond motifs is 1. The number of rotatable bonds is 7. The van der Waals surface area contributed by atoms with Crippen LogP contribution in [0.5, 0.6) is 0 Å². The fourth-order valence-electron chi connectivity index (χ4n) is 8.05. The molecule has 13 nitrogen and oxygen atoms in total. The van der Waals surface area contributed by atoms with Crippen molar-refractivity contribution in [1.82, 2.24) is 24.7 Å². The van der Waals surface area contributed by atoms with E-state index in [0.717, 1.165) is 40.8 Å². The minimum Gasteiger partial charge on any atom is -0.436 e. The number of carbonyl (C=O) groups is 3. The fraction of sp³-hybridized carbons (Fsp3) is 0.575. The Bertz CT molecular complexity index is 1700. The van der Waals surface area contributed by atoms with Crippen LogP contribution in [0.2, 0.25) is 0 Å². The van der Waals surface area contributed by atoms with Gasteiger partial charge in [0.25, 0.3) is 5.91 Å². The number of amides is 4. The van der Waals surface area contributed by atoms with E-state index in [1.165, 1.54) is 0 Å². The lowest BCUT2D eigenvalue weighted by molar-refractivity contribution is -0.216. The molecule has 0 radical (unpaired) electrons. The topological polar surface area (TPSA) is 141 Å². The number of hydrogen-bond acceptors (Lipinski definition) is 9. The summed E-state index contributed by atoms with van der Waals surface area (Å²) >= 11 is 0. The van der Waals surface area contributed by atoms with Gasteiger partial charge in [-0.1, -0.05) is 30.3 Å². The number of nitrogens with one attached hydrogen (secondary N) is 1. The van der Waals surface area contributed by atoms with Gasteiger partial charge in [-0.15, -0.1) is 0 Å². The molecule has 0 spiro atoms. The van der Waals surface area contributed by atoms with Crippen molar-refractivity contribution in [1.29, 1.82) is 0 Å². The van der Waals surface area contributed by atoms with Crippen LogP contribution in [0.1, 0.15) is 68.7 Å². The van der Waals surface area contributed by atoms with Gasteiger partial charge in [0.15, 0.2) is 6.10 Å². The molecule has 4 aliphatic heterocycles. The fourth-order valence-corrected chi connectivity index (χ4v) is 8.05. The predicted molar refractivity (Wildman–Crippen MR) is 203 cm³/mol. The number of nitrogen functional groups attached to an aromatic ring is 1. The van der Waals surface area contributed by atoms with Gasteiger partial charge in [-0.25, -0.2) is 19.4 Å². The number of urea groups is 1. The smallest absolute Gasteiger partial charge is 0.410 e. The Morgan fingerprint density at radius 3 is 2.25 bits per heavy atom. The van der Waals surface area contributed by atoms with Crippen molar-refractivity contribution in [2.24, 2.45) is 0 Å². The van der Waals surface area contributed by atoms with Gasteiger partial charge in [0.05, 0.1) is 5.60 Å². The molecule has 3 fully saturated rings. The molecule has 53 heavy (non-hydrogen) atoms. The Balaban J connectivity index is 1.07. The average molecular weight is 730 g/mol. The van der Waals surface area contributed by atoms with Crippen LogP contribution >= 0.6 is 0 Å². The quantitative estimate of drug-likeness (QED) is 0.311. The van der Waals surface area contributed by atoms with Gasteiger partial charge in [0.1, 0.15) is 11.6 Å². The molecule has 4 aliphatic rings. The molecule has 4 heterocycles. The third-order valence-corrected chi connectivity index (χ3v) is 10.9. The van der Waals surface area contributed by atoms with Crippen molar-refractivity contribution >= 4 is 35.3 Å². The highest BCUT2D eigenvalue weighted by molar-refractivity contribution is 5.91. The number of carbonyl (C=O) groups excluding carboxylic acids is 4. The molecular weight excluding hydrogens is 674 g/mol. The third kappa shape index (κ3) is 9.15. The van der Waals surface area contributed by atoms with E-state index in [1.807, 2.05) is 75.9 Å². The van der Waals surface area contributed by atoms with Crippen LogP contribution in [0, 0.1) is 13.8 Å². The highest BCUT2D eigenvalue weighted by atomic mass is 16.7. The number of benzene rings is 2. The van der Waals surface area contributed by atoms with E-state index in [0.29, 0.717) is 83.0 Å². The summed E-state index contributed by atoms with van der Waals surface area (Å²) in [5.74, 6) is 1.87. The first-order chi connectivity index (χ1) is 25.3. The molecule has 0 saturated carbocycles. The number of para-hydroxylation sites is 1. The Morgan fingerprint density at radius 1 is 0.925 bits per heavy atom. The van der Waals surface area contributed by atoms with Crippen LogP contribution in [0.3, 0.4) is 0 Å². The molecule has 0 bridgehead atoms. The zero-order chi connectivity index (χ0) is 37.9. The summed E-state index contributed by atoms with van der Waals surface area (Å²) in [7, 11) is 0. The van der Waals surface area contributed by atoms with Crippen LogP contribution in [0.25, 0.3) is 0 Å². The van der Waals surface area contributed by atoms with E-state index >= 15 is 0 Å². The van der Waals surface area contributed by atoms with Crippen LogP contribution < -0.4 is 11.1 Å². The summed E-state index contributed by atoms with van der Waals surface area (Å²) in [6.07, 6.45) is 2.09. The first kappa shape index (κ1) is 38.2. The van der Waals surface area contributed by atoms with Crippen molar-refractivity contribution in [2.75, 3.05) is 63.4 Å². The molecule has 4 amide bonds. The number of aryl methyl sites for hydroxylation is 2. The number of ether oxygens (including phenoxy) is 1. The molecule has 2 atom stereocenters. The van der Waals surface area contributed by atoms with E-state index in [9.17, 15) is 19.2 Å². The molecule has 3 N–H and O–H groups in total. The molecule has 2 aromatic rings. The summed E-state index contributed by atoms with van der Waals surface area (Å²) in [5, 5.41) is 4.72. The molecule has 0 aromatic heterocycles. The standard InChI is InChI=1S/C40H55N7O6/c1-27-22-29(23-28(2)36(27)41)24-35(37(49)44-20-18-43(19-21-44)32-13-17-47(33(25-32)26-48)53-40(3,4)5)52-39(51)45-14-11-31(12-15-45)46-16-10-30-8-6-7-9-34(30)42-38(46)50/h6-9,22-23,31-32,35H,10-21,24-25,41H2,1-5H3,(H,42,50)/t32?,35-/m1/s1. The summed E-state index contributed by atoms with van der Waals surface area (Å²) in [5.41, 5.74) is 11.7. The van der Waals surface area contributed by atoms with Gasteiger partial charge in [-0.2, -0.15) is 0 Å². The highest BCUT2D eigenvalue weighted by Gasteiger charge is 2.37. The Kier molecular flexibility index (Phi) is 11.7. The number of likely N-dealkylation sites (tertiary alicyclic amines) is 1. The molecule has 13 heteroatoms. The molecule has 6 rings (SSSR count). The van der Waals surface area contributed by atoms with Gasteiger partial charge >= 0.3 is 12.1 Å². The van der Waals surface area contributed by atoms with Gasteiger partial charge in [-0.3, -0.25) is 14.5 Å². The van der Waals surface area contributed by atoms with Crippen molar-refractivity contribution in [3.8, 4) is 0 Å². The molecule has 3 saturated heterocycles. The summed E-state index contributed by atoms with van der Waals surface area (Å²) < 4.78 is 6.10. The van der Waals surface area contributed by atoms with E-state index < -0.39 is 17.8 Å². The zero-order valence-corrected chi connectivity index (χ0v) is 31.9. The second-order valence-electron chi connectivity index (χ2n) is 15.8. The Labute approximate surface area is 313 Å². The summed E-state index contributed by atoms with van der Waals surface area (Å²) in [4.78, 5) is 66.5. The van der Waals surface area contributed by atoms with Crippen molar-refractivity contribution < 1.29 is 28.8 Å². The summed E-state index contributed by atoms with van der Waals surface area (Å²) in [6.45, 7) is 14.1. The SMILES string of the molecule is Cc1cc(C[C@@H](OC(=O)N2CCC(N3CCc4ccccc4NC3=O)CC2)C(=O)N2CCN(C3CCN(OC(C)(C)C)C(=C=O)C3)CC2)cc(C)c1N. The molecule has 1 unspecified atom stereocenters. The third-order valence-electron chi connectivity index (χ3n) is 10.9. The maximum Gasteiger partial charge on any atom is 0.410 e. The largest absolute Gasteiger partial charge is 0.436 e. The number of hydrogen-bond donors (Lipinski definition) is 2. The van der Waals surface area contributed by atoms with Gasteiger partial charge < -0.3 is 30.5 Å². The van der Waals surface area contributed by atoms with Crippen molar-refractivity contribution in [3.05, 3.63) is 64.3 Å². The Morgan fingerprint density at radius 2 is 1.58 bits per heavy atom. The highest BCUT2D eigenvalue weighted by Crippen LogP contribution is 2.29. The second-order valence-corrected chi connectivity index (χ2v) is 15.8. The molecular formula is C40H55N7O6. The number of nitrogens with two attached hydrogens (primary N) is 1. The minimum atomic E-state index is -1.01. The van der Waals surface area contributed by atoms with Crippen LogP contribution in [-0.4, -0.2) is 125 Å².